The molecule has 0 bridgehead atoms. The predicted molar refractivity (Wildman–Crippen MR) is 77.9 cm³/mol. The van der Waals surface area contributed by atoms with Gasteiger partial charge in [0.05, 0.1) is 5.52 Å². The van der Waals surface area contributed by atoms with Crippen LogP contribution in [0.3, 0.4) is 0 Å². The Bertz CT molecular complexity index is 552. The first-order valence-electron chi connectivity index (χ1n) is 6.19. The molecule has 1 aliphatic heterocycles. The van der Waals surface area contributed by atoms with Crippen molar-refractivity contribution >= 4 is 34.4 Å². The minimum atomic E-state index is 0.333. The summed E-state index contributed by atoms with van der Waals surface area (Å²) in [7, 11) is 0. The van der Waals surface area contributed by atoms with Gasteiger partial charge in [-0.15, -0.1) is 0 Å². The third-order valence-electron chi connectivity index (χ3n) is 3.12. The van der Waals surface area contributed by atoms with Crippen molar-refractivity contribution in [1.29, 1.82) is 0 Å². The first-order chi connectivity index (χ1) is 8.83. The summed E-state index contributed by atoms with van der Waals surface area (Å²) >= 11 is 1.99. The van der Waals surface area contributed by atoms with Gasteiger partial charge < -0.3 is 11.1 Å². The van der Waals surface area contributed by atoms with E-state index < -0.39 is 0 Å². The Kier molecular flexibility index (Phi) is 3.23. The van der Waals surface area contributed by atoms with E-state index in [0.717, 1.165) is 22.5 Å². The fourth-order valence-corrected chi connectivity index (χ4v) is 3.32. The first-order valence-corrected chi connectivity index (χ1v) is 7.35. The van der Waals surface area contributed by atoms with E-state index in [4.69, 9.17) is 5.73 Å². The maximum atomic E-state index is 5.76. The second-order valence-corrected chi connectivity index (χ2v) is 5.66. The lowest BCUT2D eigenvalue weighted by molar-refractivity contribution is 0.683. The van der Waals surface area contributed by atoms with Crippen LogP contribution >= 0.6 is 11.8 Å². The maximum Gasteiger partial charge on any atom is 0.222 e. The van der Waals surface area contributed by atoms with Gasteiger partial charge in [-0.2, -0.15) is 16.7 Å². The van der Waals surface area contributed by atoms with Crippen LogP contribution in [0, 0.1) is 0 Å². The lowest BCUT2D eigenvalue weighted by Crippen LogP contribution is -2.26. The molecule has 0 aliphatic carbocycles. The van der Waals surface area contributed by atoms with Crippen molar-refractivity contribution in [3.63, 3.8) is 0 Å². The zero-order chi connectivity index (χ0) is 12.4. The minimum absolute atomic E-state index is 0.333. The highest BCUT2D eigenvalue weighted by molar-refractivity contribution is 7.99. The summed E-state index contributed by atoms with van der Waals surface area (Å²) in [6.07, 6.45) is 2.46. The molecule has 94 valence electrons. The molecule has 1 aromatic carbocycles. The molecular weight excluding hydrogens is 244 g/mol. The topological polar surface area (TPSA) is 63.8 Å². The molecule has 0 saturated carbocycles. The lowest BCUT2D eigenvalue weighted by atomic mass is 10.1. The van der Waals surface area contributed by atoms with Gasteiger partial charge in [0.25, 0.3) is 0 Å². The molecule has 2 aromatic rings. The SMILES string of the molecule is Nc1nc(NC2CCCSC2)c2ccccc2n1. The van der Waals surface area contributed by atoms with Crippen molar-refractivity contribution in [2.24, 2.45) is 0 Å². The number of hydrogen-bond donors (Lipinski definition) is 2. The van der Waals surface area contributed by atoms with Gasteiger partial charge >= 0.3 is 0 Å². The largest absolute Gasteiger partial charge is 0.368 e. The second-order valence-electron chi connectivity index (χ2n) is 4.51. The van der Waals surface area contributed by atoms with Crippen molar-refractivity contribution in [2.45, 2.75) is 18.9 Å². The number of hydrogen-bond acceptors (Lipinski definition) is 5. The van der Waals surface area contributed by atoms with E-state index in [2.05, 4.69) is 15.3 Å². The third-order valence-corrected chi connectivity index (χ3v) is 4.34. The molecule has 3 rings (SSSR count). The molecule has 0 spiro atoms. The van der Waals surface area contributed by atoms with Crippen LogP contribution in [0.2, 0.25) is 0 Å². The Hall–Kier alpha value is -1.49. The zero-order valence-corrected chi connectivity index (χ0v) is 10.9. The smallest absolute Gasteiger partial charge is 0.222 e. The predicted octanol–water partition coefficient (Wildman–Crippen LogP) is 2.52. The van der Waals surface area contributed by atoms with Gasteiger partial charge in [-0.05, 0) is 30.7 Å². The van der Waals surface area contributed by atoms with Gasteiger partial charge in [0, 0.05) is 17.2 Å². The Balaban J connectivity index is 1.94. The summed E-state index contributed by atoms with van der Waals surface area (Å²) in [5.41, 5.74) is 6.66. The monoisotopic (exact) mass is 260 g/mol. The van der Waals surface area contributed by atoms with E-state index >= 15 is 0 Å². The summed E-state index contributed by atoms with van der Waals surface area (Å²) in [4.78, 5) is 8.59. The number of benzene rings is 1. The number of anilines is 2. The minimum Gasteiger partial charge on any atom is -0.368 e. The molecule has 3 N–H and O–H groups in total. The second kappa shape index (κ2) is 5.02. The summed E-state index contributed by atoms with van der Waals surface area (Å²) in [5, 5.41) is 4.56. The molecule has 0 radical (unpaired) electrons. The van der Waals surface area contributed by atoms with Gasteiger partial charge in [0.1, 0.15) is 5.82 Å². The Morgan fingerprint density at radius 3 is 3.00 bits per heavy atom. The first kappa shape index (κ1) is 11.6. The number of thioether (sulfide) groups is 1. The van der Waals surface area contributed by atoms with Gasteiger partial charge in [0.2, 0.25) is 5.95 Å². The van der Waals surface area contributed by atoms with E-state index in [0.29, 0.717) is 12.0 Å². The Morgan fingerprint density at radius 1 is 1.28 bits per heavy atom. The number of fused-ring (bicyclic) bond motifs is 1. The van der Waals surface area contributed by atoms with Gasteiger partial charge in [-0.1, -0.05) is 12.1 Å². The standard InChI is InChI=1S/C13H16N4S/c14-13-16-11-6-2-1-5-10(11)12(17-13)15-9-4-3-7-18-8-9/h1-2,5-6,9H,3-4,7-8H2,(H3,14,15,16,17). The van der Waals surface area contributed by atoms with E-state index in [-0.39, 0.29) is 0 Å². The van der Waals surface area contributed by atoms with Crippen LogP contribution in [-0.2, 0) is 0 Å². The normalized spacial score (nSPS) is 19.9. The number of nitrogen functional groups attached to an aromatic ring is 1. The fraction of sp³-hybridized carbons (Fsp3) is 0.385. The van der Waals surface area contributed by atoms with Crippen LogP contribution in [0.5, 0.6) is 0 Å². The molecule has 1 unspecified atom stereocenters. The fourth-order valence-electron chi connectivity index (χ4n) is 2.25. The number of para-hydroxylation sites is 1. The molecule has 5 heteroatoms. The molecule has 1 fully saturated rings. The van der Waals surface area contributed by atoms with Crippen LogP contribution in [0.25, 0.3) is 10.9 Å². The van der Waals surface area contributed by atoms with Crippen LogP contribution in [-0.4, -0.2) is 27.5 Å². The number of nitrogens with one attached hydrogen (secondary N) is 1. The highest BCUT2D eigenvalue weighted by Gasteiger charge is 2.15. The molecule has 1 aliphatic rings. The molecule has 1 saturated heterocycles. The number of aromatic nitrogens is 2. The molecule has 1 aromatic heterocycles. The molecule has 4 nitrogen and oxygen atoms in total. The molecule has 18 heavy (non-hydrogen) atoms. The van der Waals surface area contributed by atoms with Crippen molar-refractivity contribution in [1.82, 2.24) is 9.97 Å². The maximum absolute atomic E-state index is 5.76. The van der Waals surface area contributed by atoms with E-state index in [1.54, 1.807) is 0 Å². The van der Waals surface area contributed by atoms with Gasteiger partial charge in [-0.3, -0.25) is 0 Å². The van der Waals surface area contributed by atoms with Gasteiger partial charge in [0.15, 0.2) is 0 Å². The van der Waals surface area contributed by atoms with Crippen molar-refractivity contribution in [2.75, 3.05) is 22.6 Å². The summed E-state index contributed by atoms with van der Waals surface area (Å²) in [5.74, 6) is 3.61. The zero-order valence-electron chi connectivity index (χ0n) is 10.1. The van der Waals surface area contributed by atoms with E-state index in [1.807, 2.05) is 36.0 Å². The summed E-state index contributed by atoms with van der Waals surface area (Å²) in [6.45, 7) is 0. The molecular formula is C13H16N4S. The molecule has 0 amide bonds. The highest BCUT2D eigenvalue weighted by Crippen LogP contribution is 2.25. The summed E-state index contributed by atoms with van der Waals surface area (Å²) < 4.78 is 0. The van der Waals surface area contributed by atoms with Crippen molar-refractivity contribution in [3.05, 3.63) is 24.3 Å². The summed E-state index contributed by atoms with van der Waals surface area (Å²) in [6, 6.07) is 8.46. The van der Waals surface area contributed by atoms with Crippen LogP contribution < -0.4 is 11.1 Å². The Labute approximate surface area is 110 Å². The molecule has 2 heterocycles. The van der Waals surface area contributed by atoms with Gasteiger partial charge in [-0.25, -0.2) is 4.98 Å². The highest BCUT2D eigenvalue weighted by atomic mass is 32.2. The number of rotatable bonds is 2. The Morgan fingerprint density at radius 2 is 2.17 bits per heavy atom. The van der Waals surface area contributed by atoms with Crippen LogP contribution in [0.15, 0.2) is 24.3 Å². The van der Waals surface area contributed by atoms with E-state index in [9.17, 15) is 0 Å². The lowest BCUT2D eigenvalue weighted by Gasteiger charge is -2.23. The molecule has 1 atom stereocenters. The average Bonchev–Trinajstić information content (AvgIpc) is 2.40. The third kappa shape index (κ3) is 2.36. The van der Waals surface area contributed by atoms with Crippen LogP contribution in [0.4, 0.5) is 11.8 Å². The van der Waals surface area contributed by atoms with Crippen molar-refractivity contribution < 1.29 is 0 Å². The quantitative estimate of drug-likeness (QED) is 0.868. The van der Waals surface area contributed by atoms with Crippen molar-refractivity contribution in [3.8, 4) is 0 Å². The number of nitrogens with two attached hydrogens (primary N) is 1. The van der Waals surface area contributed by atoms with E-state index in [1.165, 1.54) is 18.6 Å². The average molecular weight is 260 g/mol. The van der Waals surface area contributed by atoms with Crippen LogP contribution in [0.1, 0.15) is 12.8 Å². The number of nitrogens with zero attached hydrogens (tertiary/aromatic N) is 2.